The molecule has 1 saturated heterocycles. The highest BCUT2D eigenvalue weighted by Crippen LogP contribution is 2.34. The van der Waals surface area contributed by atoms with E-state index in [1.165, 1.54) is 4.90 Å². The fourth-order valence-electron chi connectivity index (χ4n) is 5.71. The lowest BCUT2D eigenvalue weighted by Gasteiger charge is -2.35. The maximum atomic E-state index is 13.9. The zero-order valence-electron chi connectivity index (χ0n) is 22.3. The predicted octanol–water partition coefficient (Wildman–Crippen LogP) is 5.03. The number of hydrogen-bond acceptors (Lipinski definition) is 6. The van der Waals surface area contributed by atoms with Crippen LogP contribution in [0.5, 0.6) is 0 Å². The second-order valence-electron chi connectivity index (χ2n) is 10.7. The number of Topliss-reactive ketones (excluding diaryl/α,β-unsaturated/α-hetero) is 1. The van der Waals surface area contributed by atoms with E-state index >= 15 is 0 Å². The summed E-state index contributed by atoms with van der Waals surface area (Å²) in [6.45, 7) is 6.25. The molecule has 1 fully saturated rings. The first kappa shape index (κ1) is 27.7. The largest absolute Gasteiger partial charge is 0.391 e. The number of β-amino-alcohol motifs (C(OH)–C–C–N with tert-alkyl or cyclic N) is 1. The molecule has 0 unspecified atom stereocenters. The molecular weight excluding hydrogens is 578 g/mol. The molecule has 9 heteroatoms. The van der Waals surface area contributed by atoms with Crippen LogP contribution in [0.4, 0.5) is 0 Å². The Morgan fingerprint density at radius 1 is 1.18 bits per heavy atom. The molecule has 0 radical (unpaired) electrons. The third-order valence-corrected chi connectivity index (χ3v) is 9.33. The molecule has 5 rings (SSSR count). The molecule has 2 aliphatic heterocycles. The van der Waals surface area contributed by atoms with E-state index in [9.17, 15) is 19.5 Å². The number of benzene rings is 2. The second kappa shape index (κ2) is 11.3. The topological polar surface area (TPSA) is 90.8 Å². The van der Waals surface area contributed by atoms with Gasteiger partial charge in [-0.3, -0.25) is 14.4 Å². The van der Waals surface area contributed by atoms with Gasteiger partial charge in [0.2, 0.25) is 5.91 Å². The monoisotopic (exact) mass is 609 g/mol. The molecule has 2 aromatic carbocycles. The normalized spacial score (nSPS) is 19.6. The molecule has 0 spiro atoms. The van der Waals surface area contributed by atoms with Crippen LogP contribution in [0.3, 0.4) is 0 Å². The number of carbonyl (C=O) groups is 3. The van der Waals surface area contributed by atoms with Crippen LogP contribution in [-0.4, -0.2) is 62.2 Å². The number of halogens is 1. The van der Waals surface area contributed by atoms with Crippen molar-refractivity contribution in [3.05, 3.63) is 74.8 Å². The quantitative estimate of drug-likeness (QED) is 0.387. The predicted molar refractivity (Wildman–Crippen MR) is 154 cm³/mol. The van der Waals surface area contributed by atoms with Crippen molar-refractivity contribution < 1.29 is 19.5 Å². The van der Waals surface area contributed by atoms with Gasteiger partial charge in [-0.2, -0.15) is 0 Å². The molecule has 0 bridgehead atoms. The molecule has 2 aliphatic rings. The molecule has 3 atom stereocenters. The minimum Gasteiger partial charge on any atom is -0.391 e. The number of likely N-dealkylation sites (tertiary alicyclic amines) is 1. The van der Waals surface area contributed by atoms with Crippen LogP contribution in [0.25, 0.3) is 10.4 Å². The van der Waals surface area contributed by atoms with Crippen LogP contribution in [0.15, 0.2) is 52.4 Å². The van der Waals surface area contributed by atoms with Gasteiger partial charge in [-0.1, -0.05) is 50.2 Å². The molecule has 7 nitrogen and oxygen atoms in total. The van der Waals surface area contributed by atoms with Gasteiger partial charge in [0, 0.05) is 30.4 Å². The number of rotatable bonds is 8. The molecule has 2 amide bonds. The van der Waals surface area contributed by atoms with E-state index in [1.807, 2.05) is 68.7 Å². The van der Waals surface area contributed by atoms with Crippen molar-refractivity contribution >= 4 is 44.9 Å². The summed E-state index contributed by atoms with van der Waals surface area (Å²) in [7, 11) is 0. The summed E-state index contributed by atoms with van der Waals surface area (Å²) in [5, 5.41) is 10.5. The molecule has 1 N–H and O–H groups in total. The third kappa shape index (κ3) is 5.44. The highest BCUT2D eigenvalue weighted by Gasteiger charge is 2.45. The van der Waals surface area contributed by atoms with Gasteiger partial charge in [0.1, 0.15) is 6.04 Å². The van der Waals surface area contributed by atoms with Crippen LogP contribution in [0.2, 0.25) is 0 Å². The average Bonchev–Trinajstić information content (AvgIpc) is 3.60. The van der Waals surface area contributed by atoms with Crippen molar-refractivity contribution in [3.63, 3.8) is 0 Å². The van der Waals surface area contributed by atoms with Crippen LogP contribution in [-0.2, 0) is 22.6 Å². The Bertz CT molecular complexity index is 1400. The smallest absolute Gasteiger partial charge is 0.256 e. The fourth-order valence-corrected chi connectivity index (χ4v) is 7.10. The fraction of sp³-hybridized carbons (Fsp3) is 0.400. The average molecular weight is 611 g/mol. The van der Waals surface area contributed by atoms with E-state index < -0.39 is 18.2 Å². The van der Waals surface area contributed by atoms with Gasteiger partial charge in [-0.15, -0.1) is 11.3 Å². The number of aliphatic hydroxyl groups excluding tert-OH is 1. The minimum atomic E-state index is -0.765. The number of hydrogen-bond donors (Lipinski definition) is 1. The summed E-state index contributed by atoms with van der Waals surface area (Å²) >= 11 is 5.08. The number of nitrogens with zero attached hydrogens (tertiary/aromatic N) is 3. The highest BCUT2D eigenvalue weighted by molar-refractivity contribution is 9.10. The number of fused-ring (bicyclic) bond motifs is 1. The van der Waals surface area contributed by atoms with Gasteiger partial charge >= 0.3 is 0 Å². The number of ketones is 1. The minimum absolute atomic E-state index is 0.0661. The van der Waals surface area contributed by atoms with E-state index in [0.29, 0.717) is 23.0 Å². The van der Waals surface area contributed by atoms with Crippen molar-refractivity contribution in [2.75, 3.05) is 6.54 Å². The second-order valence-corrected chi connectivity index (χ2v) is 12.4. The van der Waals surface area contributed by atoms with Crippen molar-refractivity contribution in [1.82, 2.24) is 14.8 Å². The van der Waals surface area contributed by atoms with E-state index in [0.717, 1.165) is 27.3 Å². The Morgan fingerprint density at radius 2 is 1.92 bits per heavy atom. The summed E-state index contributed by atoms with van der Waals surface area (Å²) in [6, 6.07) is 12.3. The van der Waals surface area contributed by atoms with Crippen molar-refractivity contribution in [2.45, 2.75) is 64.8 Å². The van der Waals surface area contributed by atoms with E-state index in [2.05, 4.69) is 20.9 Å². The Balaban J connectivity index is 1.28. The molecule has 3 aromatic rings. The van der Waals surface area contributed by atoms with Gasteiger partial charge in [0.05, 0.1) is 33.8 Å². The Morgan fingerprint density at radius 3 is 2.56 bits per heavy atom. The molecule has 0 aliphatic carbocycles. The summed E-state index contributed by atoms with van der Waals surface area (Å²) in [4.78, 5) is 49.2. The summed E-state index contributed by atoms with van der Waals surface area (Å²) < 4.78 is 0.710. The van der Waals surface area contributed by atoms with Gasteiger partial charge in [-0.05, 0) is 57.9 Å². The van der Waals surface area contributed by atoms with Crippen LogP contribution < -0.4 is 0 Å². The van der Waals surface area contributed by atoms with Crippen molar-refractivity contribution in [1.29, 1.82) is 0 Å². The molecular formula is C30H32BrN3O4S. The summed E-state index contributed by atoms with van der Waals surface area (Å²) in [6.07, 6.45) is 0.279. The number of thiazole rings is 1. The van der Waals surface area contributed by atoms with E-state index in [-0.39, 0.29) is 42.9 Å². The van der Waals surface area contributed by atoms with Crippen molar-refractivity contribution in [2.24, 2.45) is 5.92 Å². The lowest BCUT2D eigenvalue weighted by molar-refractivity contribution is -0.142. The third-order valence-electron chi connectivity index (χ3n) is 7.69. The lowest BCUT2D eigenvalue weighted by Crippen LogP contribution is -2.54. The first-order chi connectivity index (χ1) is 18.7. The van der Waals surface area contributed by atoms with Crippen LogP contribution in [0, 0.1) is 12.8 Å². The SMILES string of the molecule is Cc1ncsc1-c1ccc(CCC(=O)[C@@H]2C[C@@H](O)CN2C(=O)[C@H](C(C)C)N2Cc3cccc(Br)c3C2=O)cc1. The zero-order chi connectivity index (χ0) is 27.8. The highest BCUT2D eigenvalue weighted by atomic mass is 79.9. The van der Waals surface area contributed by atoms with Crippen molar-refractivity contribution in [3.8, 4) is 10.4 Å². The number of carbonyl (C=O) groups excluding carboxylic acids is 3. The lowest BCUT2D eigenvalue weighted by atomic mass is 9.98. The number of aliphatic hydroxyl groups is 1. The summed E-state index contributed by atoms with van der Waals surface area (Å²) in [5.74, 6) is -0.696. The molecule has 0 saturated carbocycles. The van der Waals surface area contributed by atoms with Gasteiger partial charge in [0.15, 0.2) is 5.78 Å². The van der Waals surface area contributed by atoms with Gasteiger partial charge in [0.25, 0.3) is 5.91 Å². The molecule has 1 aromatic heterocycles. The van der Waals surface area contributed by atoms with E-state index in [1.54, 1.807) is 16.2 Å². The maximum Gasteiger partial charge on any atom is 0.256 e. The van der Waals surface area contributed by atoms with Crippen LogP contribution in [0.1, 0.15) is 53.9 Å². The summed E-state index contributed by atoms with van der Waals surface area (Å²) in [5.41, 5.74) is 6.43. The number of aromatic nitrogens is 1. The first-order valence-corrected chi connectivity index (χ1v) is 14.9. The Kier molecular flexibility index (Phi) is 8.03. The standard InChI is InChI=1S/C30H32BrN3O4S/c1-17(2)27(34-14-21-5-4-6-23(31)26(21)29(34)37)30(38)33-15-22(35)13-24(33)25(36)12-9-19-7-10-20(11-8-19)28-18(3)32-16-39-28/h4-8,10-11,16-17,22,24,27,35H,9,12-15H2,1-3H3/t22-,24+,27+/m1/s1. The van der Waals surface area contributed by atoms with Crippen LogP contribution >= 0.6 is 27.3 Å². The number of amides is 2. The number of aryl methyl sites for hydroxylation is 2. The van der Waals surface area contributed by atoms with Gasteiger partial charge in [-0.25, -0.2) is 4.98 Å². The van der Waals surface area contributed by atoms with E-state index in [4.69, 9.17) is 0 Å². The molecule has 39 heavy (non-hydrogen) atoms. The Labute approximate surface area is 241 Å². The molecule has 3 heterocycles. The maximum absolute atomic E-state index is 13.9. The van der Waals surface area contributed by atoms with Gasteiger partial charge < -0.3 is 14.9 Å². The molecule has 204 valence electrons. The first-order valence-electron chi connectivity index (χ1n) is 13.2. The Hall–Kier alpha value is -2.88. The zero-order valence-corrected chi connectivity index (χ0v) is 24.7.